The van der Waals surface area contributed by atoms with Gasteiger partial charge in [0.15, 0.2) is 0 Å². The summed E-state index contributed by atoms with van der Waals surface area (Å²) in [6, 6.07) is 2.59. The normalized spacial score (nSPS) is 10.1. The highest BCUT2D eigenvalue weighted by molar-refractivity contribution is 6.03. The van der Waals surface area contributed by atoms with Gasteiger partial charge < -0.3 is 4.98 Å². The number of halogens is 2. The van der Waals surface area contributed by atoms with Gasteiger partial charge in [0.1, 0.15) is 11.6 Å². The monoisotopic (exact) mass is 223 g/mol. The molecule has 0 saturated heterocycles. The Balaban J connectivity index is 2.21. The number of carbonyl (C=O) groups is 1. The summed E-state index contributed by atoms with van der Waals surface area (Å²) in [7, 11) is 0. The zero-order valence-corrected chi connectivity index (χ0v) is 8.00. The quantitative estimate of drug-likeness (QED) is 0.817. The van der Waals surface area contributed by atoms with Crippen molar-refractivity contribution in [3.63, 3.8) is 0 Å². The number of amides is 1. The molecule has 0 bridgehead atoms. The number of rotatable bonds is 2. The van der Waals surface area contributed by atoms with Crippen LogP contribution in [-0.4, -0.2) is 15.9 Å². The van der Waals surface area contributed by atoms with Crippen LogP contribution in [0.15, 0.2) is 30.6 Å². The third-order valence-electron chi connectivity index (χ3n) is 1.85. The molecule has 82 valence electrons. The van der Waals surface area contributed by atoms with E-state index in [9.17, 15) is 13.6 Å². The van der Waals surface area contributed by atoms with Gasteiger partial charge in [-0.05, 0) is 12.1 Å². The van der Waals surface area contributed by atoms with Gasteiger partial charge >= 0.3 is 0 Å². The van der Waals surface area contributed by atoms with Gasteiger partial charge in [0.25, 0.3) is 5.91 Å². The first-order valence-corrected chi connectivity index (χ1v) is 4.42. The Morgan fingerprint density at radius 2 is 1.94 bits per heavy atom. The molecule has 0 atom stereocenters. The van der Waals surface area contributed by atoms with Crippen molar-refractivity contribution in [3.05, 3.63) is 47.8 Å². The van der Waals surface area contributed by atoms with Crippen LogP contribution in [0.2, 0.25) is 0 Å². The largest absolute Gasteiger partial charge is 0.331 e. The molecule has 2 aromatic rings. The van der Waals surface area contributed by atoms with Crippen molar-refractivity contribution in [3.8, 4) is 0 Å². The summed E-state index contributed by atoms with van der Waals surface area (Å²) in [6.45, 7) is 0. The van der Waals surface area contributed by atoms with Crippen molar-refractivity contribution in [1.29, 1.82) is 0 Å². The van der Waals surface area contributed by atoms with E-state index in [0.29, 0.717) is 6.07 Å². The number of hydrogen-bond acceptors (Lipinski definition) is 2. The van der Waals surface area contributed by atoms with Crippen LogP contribution in [0.4, 0.5) is 14.7 Å². The average Bonchev–Trinajstić information content (AvgIpc) is 2.68. The van der Waals surface area contributed by atoms with E-state index in [0.717, 1.165) is 12.1 Å². The van der Waals surface area contributed by atoms with Crippen molar-refractivity contribution >= 4 is 11.9 Å². The molecule has 1 aromatic carbocycles. The molecule has 16 heavy (non-hydrogen) atoms. The molecule has 0 saturated carbocycles. The Labute approximate surface area is 89.3 Å². The number of aromatic amines is 1. The Kier molecular flexibility index (Phi) is 2.63. The molecular weight excluding hydrogens is 216 g/mol. The first-order chi connectivity index (χ1) is 7.65. The molecular formula is C10H7F2N3O. The van der Waals surface area contributed by atoms with E-state index >= 15 is 0 Å². The Hall–Kier alpha value is -2.24. The van der Waals surface area contributed by atoms with Crippen LogP contribution in [0.5, 0.6) is 0 Å². The van der Waals surface area contributed by atoms with Gasteiger partial charge in [0, 0.05) is 24.0 Å². The number of aromatic nitrogens is 2. The molecule has 0 radical (unpaired) electrons. The SMILES string of the molecule is O=C(Nc1ncc[nH]1)c1cc(F)cc(F)c1. The number of imidazole rings is 1. The Morgan fingerprint density at radius 1 is 1.25 bits per heavy atom. The summed E-state index contributed by atoms with van der Waals surface area (Å²) in [5.41, 5.74) is -0.103. The van der Waals surface area contributed by atoms with E-state index in [4.69, 9.17) is 0 Å². The topological polar surface area (TPSA) is 57.8 Å². The maximum Gasteiger partial charge on any atom is 0.258 e. The van der Waals surface area contributed by atoms with Crippen LogP contribution >= 0.6 is 0 Å². The van der Waals surface area contributed by atoms with Crippen LogP contribution in [0.25, 0.3) is 0 Å². The smallest absolute Gasteiger partial charge is 0.258 e. The van der Waals surface area contributed by atoms with Crippen LogP contribution < -0.4 is 5.32 Å². The van der Waals surface area contributed by atoms with Crippen molar-refractivity contribution in [2.24, 2.45) is 0 Å². The lowest BCUT2D eigenvalue weighted by atomic mass is 10.2. The lowest BCUT2D eigenvalue weighted by Crippen LogP contribution is -2.13. The molecule has 4 nitrogen and oxygen atoms in total. The van der Waals surface area contributed by atoms with Gasteiger partial charge in [-0.25, -0.2) is 13.8 Å². The minimum absolute atomic E-state index is 0.103. The molecule has 6 heteroatoms. The molecule has 0 spiro atoms. The third kappa shape index (κ3) is 2.22. The fourth-order valence-electron chi connectivity index (χ4n) is 1.20. The molecule has 1 aromatic heterocycles. The average molecular weight is 223 g/mol. The van der Waals surface area contributed by atoms with Crippen molar-refractivity contribution in [1.82, 2.24) is 9.97 Å². The lowest BCUT2D eigenvalue weighted by molar-refractivity contribution is 0.102. The molecule has 2 N–H and O–H groups in total. The molecule has 0 aliphatic heterocycles. The Morgan fingerprint density at radius 3 is 2.50 bits per heavy atom. The molecule has 1 heterocycles. The van der Waals surface area contributed by atoms with Crippen LogP contribution in [0.1, 0.15) is 10.4 Å². The second-order valence-electron chi connectivity index (χ2n) is 3.05. The molecule has 2 rings (SSSR count). The van der Waals surface area contributed by atoms with E-state index < -0.39 is 17.5 Å². The number of H-pyrrole nitrogens is 1. The van der Waals surface area contributed by atoms with Crippen molar-refractivity contribution in [2.45, 2.75) is 0 Å². The molecule has 0 unspecified atom stereocenters. The second kappa shape index (κ2) is 4.09. The highest BCUT2D eigenvalue weighted by Crippen LogP contribution is 2.09. The maximum atomic E-state index is 12.8. The van der Waals surface area contributed by atoms with E-state index in [-0.39, 0.29) is 11.5 Å². The zero-order valence-electron chi connectivity index (χ0n) is 8.00. The van der Waals surface area contributed by atoms with Gasteiger partial charge in [0.2, 0.25) is 5.95 Å². The highest BCUT2D eigenvalue weighted by atomic mass is 19.1. The first kappa shape index (κ1) is 10.3. The van der Waals surface area contributed by atoms with Crippen LogP contribution in [0.3, 0.4) is 0 Å². The van der Waals surface area contributed by atoms with E-state index in [1.807, 2.05) is 0 Å². The number of hydrogen-bond donors (Lipinski definition) is 2. The van der Waals surface area contributed by atoms with Crippen molar-refractivity contribution < 1.29 is 13.6 Å². The molecule has 0 aliphatic rings. The first-order valence-electron chi connectivity index (χ1n) is 4.42. The predicted molar refractivity (Wildman–Crippen MR) is 52.9 cm³/mol. The summed E-state index contributed by atoms with van der Waals surface area (Å²) >= 11 is 0. The van der Waals surface area contributed by atoms with E-state index in [1.54, 1.807) is 0 Å². The summed E-state index contributed by atoms with van der Waals surface area (Å²) in [4.78, 5) is 17.9. The van der Waals surface area contributed by atoms with Crippen LogP contribution in [-0.2, 0) is 0 Å². The molecule has 0 aliphatic carbocycles. The summed E-state index contributed by atoms with van der Waals surface area (Å²) in [5, 5.41) is 2.35. The zero-order chi connectivity index (χ0) is 11.5. The summed E-state index contributed by atoms with van der Waals surface area (Å²) in [6.07, 6.45) is 2.96. The standard InChI is InChI=1S/C10H7F2N3O/c11-7-3-6(4-8(12)5-7)9(16)15-10-13-1-2-14-10/h1-5H,(H2,13,14,15,16). The fraction of sp³-hybridized carbons (Fsp3) is 0. The second-order valence-corrected chi connectivity index (χ2v) is 3.05. The number of nitrogens with zero attached hydrogens (tertiary/aromatic N) is 1. The van der Waals surface area contributed by atoms with Gasteiger partial charge in [-0.3, -0.25) is 10.1 Å². The van der Waals surface area contributed by atoms with E-state index in [1.165, 1.54) is 12.4 Å². The minimum atomic E-state index is -0.801. The predicted octanol–water partition coefficient (Wildman–Crippen LogP) is 1.94. The molecule has 1 amide bonds. The van der Waals surface area contributed by atoms with Gasteiger partial charge in [-0.15, -0.1) is 0 Å². The van der Waals surface area contributed by atoms with Gasteiger partial charge in [0.05, 0.1) is 0 Å². The fourth-order valence-corrected chi connectivity index (χ4v) is 1.20. The third-order valence-corrected chi connectivity index (χ3v) is 1.85. The minimum Gasteiger partial charge on any atom is -0.331 e. The van der Waals surface area contributed by atoms with Crippen molar-refractivity contribution in [2.75, 3.05) is 5.32 Å². The number of benzene rings is 1. The lowest BCUT2D eigenvalue weighted by Gasteiger charge is -2.02. The Bertz CT molecular complexity index is 491. The van der Waals surface area contributed by atoms with Gasteiger partial charge in [-0.1, -0.05) is 0 Å². The number of carbonyl (C=O) groups excluding carboxylic acids is 1. The summed E-state index contributed by atoms with van der Waals surface area (Å²) in [5.74, 6) is -2.02. The number of nitrogens with one attached hydrogen (secondary N) is 2. The van der Waals surface area contributed by atoms with E-state index in [2.05, 4.69) is 15.3 Å². The maximum absolute atomic E-state index is 12.8. The molecule has 0 fully saturated rings. The number of anilines is 1. The van der Waals surface area contributed by atoms with Crippen LogP contribution in [0, 0.1) is 11.6 Å². The summed E-state index contributed by atoms with van der Waals surface area (Å²) < 4.78 is 25.6. The van der Waals surface area contributed by atoms with Gasteiger partial charge in [-0.2, -0.15) is 0 Å². The highest BCUT2D eigenvalue weighted by Gasteiger charge is 2.10.